The number of hydrogen-bond acceptors (Lipinski definition) is 6. The molecule has 0 heterocycles. The molecule has 0 saturated carbocycles. The normalized spacial score (nSPS) is 12.6. The van der Waals surface area contributed by atoms with Gasteiger partial charge in [-0.3, -0.25) is 24.0 Å². The Morgan fingerprint density at radius 3 is 2.00 bits per heavy atom. The van der Waals surface area contributed by atoms with Crippen molar-refractivity contribution in [2.75, 3.05) is 10.6 Å². The number of fused-ring (bicyclic) bond motifs is 2. The molecule has 7 rings (SSSR count). The SMILES string of the molecule is Cc1ccccc1/C=C(/NC(=O)c1ccccc1)C(=O)Nc1cccc(SC(C(=O)Nc2cccc3c2C(=O)c2ccccc2C3=O)c2ccccc2)c1. The predicted octanol–water partition coefficient (Wildman–Crippen LogP) is 8.65. The Morgan fingerprint density at radius 1 is 0.630 bits per heavy atom. The van der Waals surface area contributed by atoms with Crippen molar-refractivity contribution in [3.63, 3.8) is 0 Å². The summed E-state index contributed by atoms with van der Waals surface area (Å²) in [5.74, 6) is -1.97. The molecule has 0 bridgehead atoms. The van der Waals surface area contributed by atoms with Crippen LogP contribution in [0.25, 0.3) is 6.08 Å². The van der Waals surface area contributed by atoms with E-state index in [1.807, 2.05) is 73.7 Å². The van der Waals surface area contributed by atoms with E-state index < -0.39 is 23.0 Å². The Morgan fingerprint density at radius 2 is 1.26 bits per heavy atom. The summed E-state index contributed by atoms with van der Waals surface area (Å²) < 4.78 is 0. The van der Waals surface area contributed by atoms with Crippen LogP contribution in [0.15, 0.2) is 162 Å². The summed E-state index contributed by atoms with van der Waals surface area (Å²) in [7, 11) is 0. The quantitative estimate of drug-likeness (QED) is 0.0958. The summed E-state index contributed by atoms with van der Waals surface area (Å²) in [6.07, 6.45) is 1.64. The molecular formula is C45H33N3O5S. The van der Waals surface area contributed by atoms with E-state index >= 15 is 0 Å². The molecule has 0 saturated heterocycles. The molecule has 1 unspecified atom stereocenters. The highest BCUT2D eigenvalue weighted by Gasteiger charge is 2.33. The van der Waals surface area contributed by atoms with Crippen molar-refractivity contribution in [1.82, 2.24) is 5.32 Å². The van der Waals surface area contributed by atoms with Crippen LogP contribution in [-0.2, 0) is 9.59 Å². The van der Waals surface area contributed by atoms with Crippen molar-refractivity contribution in [1.29, 1.82) is 0 Å². The Kier molecular flexibility index (Phi) is 10.4. The molecule has 0 radical (unpaired) electrons. The van der Waals surface area contributed by atoms with Crippen LogP contribution in [0.5, 0.6) is 0 Å². The second-order valence-electron chi connectivity index (χ2n) is 12.5. The molecule has 54 heavy (non-hydrogen) atoms. The number of amides is 3. The molecule has 0 aliphatic heterocycles. The van der Waals surface area contributed by atoms with Crippen molar-refractivity contribution in [2.45, 2.75) is 17.1 Å². The number of anilines is 2. The van der Waals surface area contributed by atoms with Gasteiger partial charge in [-0.2, -0.15) is 0 Å². The van der Waals surface area contributed by atoms with E-state index in [2.05, 4.69) is 16.0 Å². The van der Waals surface area contributed by atoms with E-state index in [0.717, 1.165) is 11.1 Å². The molecule has 6 aromatic rings. The summed E-state index contributed by atoms with van der Waals surface area (Å²) in [5, 5.41) is 7.84. The highest BCUT2D eigenvalue weighted by atomic mass is 32.2. The largest absolute Gasteiger partial charge is 0.324 e. The molecule has 8 nitrogen and oxygen atoms in total. The monoisotopic (exact) mass is 727 g/mol. The number of ketones is 2. The van der Waals surface area contributed by atoms with Gasteiger partial charge >= 0.3 is 0 Å². The van der Waals surface area contributed by atoms with Crippen LogP contribution in [0.1, 0.15) is 64.1 Å². The minimum absolute atomic E-state index is 0.0552. The first-order valence-electron chi connectivity index (χ1n) is 17.2. The fraction of sp³-hybridized carbons (Fsp3) is 0.0444. The van der Waals surface area contributed by atoms with Gasteiger partial charge < -0.3 is 16.0 Å². The van der Waals surface area contributed by atoms with Crippen LogP contribution in [0.4, 0.5) is 11.4 Å². The molecule has 1 atom stereocenters. The third-order valence-corrected chi connectivity index (χ3v) is 10.2. The number of hydrogen-bond donors (Lipinski definition) is 3. The van der Waals surface area contributed by atoms with E-state index in [9.17, 15) is 24.0 Å². The van der Waals surface area contributed by atoms with Crippen molar-refractivity contribution in [3.05, 3.63) is 202 Å². The number of benzene rings is 6. The number of thioether (sulfide) groups is 1. The number of carbonyl (C=O) groups excluding carboxylic acids is 5. The van der Waals surface area contributed by atoms with Crippen LogP contribution < -0.4 is 16.0 Å². The zero-order valence-corrected chi connectivity index (χ0v) is 29.9. The second-order valence-corrected chi connectivity index (χ2v) is 13.7. The standard InChI is InChI=1S/C45H33N3O5S/c1-28-14-8-9-19-31(28)26-38(48-43(51)30-17-6-3-7-18-30)44(52)46-32-20-12-21-33(27-32)54-42(29-15-4-2-5-16-29)45(53)47-37-25-13-24-36-39(37)41(50)35-23-11-10-22-34(35)40(36)49/h2-27,42H,1H3,(H,46,52)(H,47,53)(H,48,51)/b38-26+. The van der Waals surface area contributed by atoms with Gasteiger partial charge in [0.25, 0.3) is 11.8 Å². The molecule has 0 fully saturated rings. The summed E-state index contributed by atoms with van der Waals surface area (Å²) in [6, 6.07) is 44.0. The molecule has 3 amide bonds. The van der Waals surface area contributed by atoms with E-state index in [1.54, 1.807) is 91.0 Å². The Bertz CT molecular complexity index is 2460. The lowest BCUT2D eigenvalue weighted by molar-refractivity contribution is -0.116. The zero-order chi connectivity index (χ0) is 37.6. The maximum atomic E-state index is 14.2. The van der Waals surface area contributed by atoms with E-state index in [0.29, 0.717) is 32.8 Å². The summed E-state index contributed by atoms with van der Waals surface area (Å²) in [5.41, 5.74) is 4.58. The Labute approximate surface area is 316 Å². The van der Waals surface area contributed by atoms with Gasteiger partial charge in [-0.1, -0.05) is 115 Å². The molecular weight excluding hydrogens is 695 g/mol. The van der Waals surface area contributed by atoms with Crippen molar-refractivity contribution < 1.29 is 24.0 Å². The highest BCUT2D eigenvalue weighted by molar-refractivity contribution is 8.00. The fourth-order valence-corrected chi connectivity index (χ4v) is 7.26. The second kappa shape index (κ2) is 15.8. The molecule has 0 spiro atoms. The Balaban J connectivity index is 1.15. The third kappa shape index (κ3) is 7.67. The lowest BCUT2D eigenvalue weighted by Crippen LogP contribution is -2.30. The third-order valence-electron chi connectivity index (χ3n) is 8.91. The van der Waals surface area contributed by atoms with E-state index in [1.165, 1.54) is 11.8 Å². The van der Waals surface area contributed by atoms with Gasteiger partial charge in [0.1, 0.15) is 10.9 Å². The molecule has 1 aliphatic rings. The predicted molar refractivity (Wildman–Crippen MR) is 212 cm³/mol. The summed E-state index contributed by atoms with van der Waals surface area (Å²) >= 11 is 1.26. The maximum Gasteiger partial charge on any atom is 0.272 e. The minimum atomic E-state index is -0.781. The first kappa shape index (κ1) is 35.6. The number of rotatable bonds is 10. The van der Waals surface area contributed by atoms with E-state index in [-0.39, 0.29) is 34.1 Å². The number of nitrogens with one attached hydrogen (secondary N) is 3. The Hall–Kier alpha value is -6.84. The average Bonchev–Trinajstić information content (AvgIpc) is 3.20. The molecule has 264 valence electrons. The van der Waals surface area contributed by atoms with Gasteiger partial charge in [0, 0.05) is 32.8 Å². The molecule has 1 aliphatic carbocycles. The van der Waals surface area contributed by atoms with Gasteiger partial charge in [0.05, 0.1) is 11.3 Å². The van der Waals surface area contributed by atoms with E-state index in [4.69, 9.17) is 0 Å². The van der Waals surface area contributed by atoms with Crippen molar-refractivity contribution in [2.24, 2.45) is 0 Å². The first-order valence-corrected chi connectivity index (χ1v) is 18.0. The molecule has 3 N–H and O–H groups in total. The van der Waals surface area contributed by atoms with Gasteiger partial charge in [0.15, 0.2) is 11.6 Å². The van der Waals surface area contributed by atoms with Gasteiger partial charge in [-0.15, -0.1) is 11.8 Å². The van der Waals surface area contributed by atoms with Crippen LogP contribution >= 0.6 is 11.8 Å². The lowest BCUT2D eigenvalue weighted by atomic mass is 9.83. The summed E-state index contributed by atoms with van der Waals surface area (Å²) in [4.78, 5) is 68.8. The topological polar surface area (TPSA) is 121 Å². The van der Waals surface area contributed by atoms with Crippen LogP contribution in [0.2, 0.25) is 0 Å². The smallest absolute Gasteiger partial charge is 0.272 e. The van der Waals surface area contributed by atoms with Gasteiger partial charge in [-0.05, 0) is 66.1 Å². The van der Waals surface area contributed by atoms with Crippen molar-refractivity contribution in [3.8, 4) is 0 Å². The zero-order valence-electron chi connectivity index (χ0n) is 29.0. The number of aryl methyl sites for hydroxylation is 1. The number of carbonyl (C=O) groups is 5. The van der Waals surface area contributed by atoms with Crippen molar-refractivity contribution >= 4 is 58.5 Å². The van der Waals surface area contributed by atoms with Crippen LogP contribution in [0, 0.1) is 6.92 Å². The average molecular weight is 728 g/mol. The maximum absolute atomic E-state index is 14.2. The van der Waals surface area contributed by atoms with Gasteiger partial charge in [-0.25, -0.2) is 0 Å². The van der Waals surface area contributed by atoms with Gasteiger partial charge in [0.2, 0.25) is 5.91 Å². The highest BCUT2D eigenvalue weighted by Crippen LogP contribution is 2.39. The van der Waals surface area contributed by atoms with Crippen LogP contribution in [0.3, 0.4) is 0 Å². The molecule has 6 aromatic carbocycles. The molecule has 0 aromatic heterocycles. The first-order chi connectivity index (χ1) is 26.3. The minimum Gasteiger partial charge on any atom is -0.324 e. The van der Waals surface area contributed by atoms with Crippen LogP contribution in [-0.4, -0.2) is 29.3 Å². The summed E-state index contributed by atoms with van der Waals surface area (Å²) in [6.45, 7) is 1.92. The fourth-order valence-electron chi connectivity index (χ4n) is 6.18. The lowest BCUT2D eigenvalue weighted by Gasteiger charge is -2.22. The molecule has 9 heteroatoms.